The van der Waals surface area contributed by atoms with Crippen LogP contribution in [-0.2, 0) is 4.79 Å². The summed E-state index contributed by atoms with van der Waals surface area (Å²) in [5, 5.41) is 10.4. The number of thioether (sulfide) groups is 1. The van der Waals surface area contributed by atoms with Crippen LogP contribution in [0.3, 0.4) is 0 Å². The van der Waals surface area contributed by atoms with Gasteiger partial charge >= 0.3 is 0 Å². The molecule has 22 heavy (non-hydrogen) atoms. The smallest absolute Gasteiger partial charge is 0.221 e. The second-order valence-electron chi connectivity index (χ2n) is 4.90. The molecule has 0 saturated carbocycles. The molecule has 0 spiro atoms. The number of hydrogen-bond donors (Lipinski definition) is 2. The lowest BCUT2D eigenvalue weighted by Gasteiger charge is -2.24. The molecule has 0 saturated heterocycles. The molecule has 6 nitrogen and oxygen atoms in total. The number of benzene rings is 1. The van der Waals surface area contributed by atoms with Crippen LogP contribution in [0.25, 0.3) is 0 Å². The highest BCUT2D eigenvalue weighted by Gasteiger charge is 2.08. The van der Waals surface area contributed by atoms with Crippen molar-refractivity contribution in [3.63, 3.8) is 0 Å². The Hall–Kier alpha value is -2.02. The highest BCUT2D eigenvalue weighted by atomic mass is 32.2. The zero-order valence-corrected chi connectivity index (χ0v) is 13.9. The zero-order valence-electron chi connectivity index (χ0n) is 13.1. The van der Waals surface area contributed by atoms with E-state index in [0.717, 1.165) is 40.9 Å². The Morgan fingerprint density at radius 1 is 1.45 bits per heavy atom. The molecular weight excluding hydrogens is 298 g/mol. The van der Waals surface area contributed by atoms with Gasteiger partial charge in [0.1, 0.15) is 6.33 Å². The van der Waals surface area contributed by atoms with E-state index in [-0.39, 0.29) is 5.91 Å². The van der Waals surface area contributed by atoms with Crippen molar-refractivity contribution in [2.24, 2.45) is 0 Å². The van der Waals surface area contributed by atoms with Gasteiger partial charge in [0.25, 0.3) is 0 Å². The van der Waals surface area contributed by atoms with Crippen molar-refractivity contribution in [2.45, 2.75) is 25.9 Å². The Morgan fingerprint density at radius 2 is 2.27 bits per heavy atom. The molecule has 1 aromatic heterocycles. The second-order valence-corrected chi connectivity index (χ2v) is 5.98. The number of nitrogens with one attached hydrogen (secondary N) is 2. The minimum Gasteiger partial charge on any atom is -0.371 e. The van der Waals surface area contributed by atoms with Crippen molar-refractivity contribution in [1.29, 1.82) is 0 Å². The van der Waals surface area contributed by atoms with E-state index in [9.17, 15) is 4.79 Å². The van der Waals surface area contributed by atoms with Crippen molar-refractivity contribution >= 4 is 29.0 Å². The number of rotatable bonds is 7. The highest BCUT2D eigenvalue weighted by Crippen LogP contribution is 2.24. The molecule has 2 rings (SSSR count). The average molecular weight is 319 g/mol. The Bertz CT molecular complexity index is 614. The van der Waals surface area contributed by atoms with Crippen molar-refractivity contribution in [3.05, 3.63) is 30.1 Å². The van der Waals surface area contributed by atoms with Crippen molar-refractivity contribution < 1.29 is 4.79 Å². The van der Waals surface area contributed by atoms with Crippen LogP contribution in [0.1, 0.15) is 19.4 Å². The molecular formula is C15H21N5OS. The molecule has 1 aromatic carbocycles. The largest absolute Gasteiger partial charge is 0.371 e. The Morgan fingerprint density at radius 3 is 2.91 bits per heavy atom. The first-order valence-electron chi connectivity index (χ1n) is 7.21. The van der Waals surface area contributed by atoms with Gasteiger partial charge in [-0.1, -0.05) is 17.8 Å². The molecule has 2 N–H and O–H groups in total. The van der Waals surface area contributed by atoms with Crippen molar-refractivity contribution in [2.75, 3.05) is 29.1 Å². The van der Waals surface area contributed by atoms with Gasteiger partial charge < -0.3 is 10.2 Å². The first kappa shape index (κ1) is 16.4. The van der Waals surface area contributed by atoms with Gasteiger partial charge in [-0.2, -0.15) is 5.10 Å². The zero-order chi connectivity index (χ0) is 15.9. The fourth-order valence-electron chi connectivity index (χ4n) is 2.12. The SMILES string of the molecule is CCN(CCSc1ncn[nH]1)c1ccc(C)c(NC(C)=O)c1. The molecule has 118 valence electrons. The van der Waals surface area contributed by atoms with Crippen LogP contribution in [0.15, 0.2) is 29.7 Å². The first-order chi connectivity index (χ1) is 10.6. The number of aromatic nitrogens is 3. The van der Waals surface area contributed by atoms with Gasteiger partial charge in [0.15, 0.2) is 5.16 Å². The Balaban J connectivity index is 2.01. The summed E-state index contributed by atoms with van der Waals surface area (Å²) in [7, 11) is 0. The minimum absolute atomic E-state index is 0.0517. The monoisotopic (exact) mass is 319 g/mol. The fourth-order valence-corrected chi connectivity index (χ4v) is 2.86. The maximum atomic E-state index is 11.3. The van der Waals surface area contributed by atoms with Crippen LogP contribution in [0.2, 0.25) is 0 Å². The summed E-state index contributed by atoms with van der Waals surface area (Å²) in [5.41, 5.74) is 3.03. The first-order valence-corrected chi connectivity index (χ1v) is 8.20. The lowest BCUT2D eigenvalue weighted by atomic mass is 10.1. The van der Waals surface area contributed by atoms with E-state index in [4.69, 9.17) is 0 Å². The topological polar surface area (TPSA) is 73.9 Å². The standard InChI is InChI=1S/C15H21N5OS/c1-4-20(7-8-22-15-16-10-17-19-15)13-6-5-11(2)14(9-13)18-12(3)21/h5-6,9-10H,4,7-8H2,1-3H3,(H,18,21)(H,16,17,19). The summed E-state index contributed by atoms with van der Waals surface area (Å²) >= 11 is 1.64. The van der Waals surface area contributed by atoms with Gasteiger partial charge in [-0.25, -0.2) is 4.98 Å². The third-order valence-electron chi connectivity index (χ3n) is 3.27. The molecule has 0 aliphatic rings. The van der Waals surface area contributed by atoms with E-state index >= 15 is 0 Å². The molecule has 1 heterocycles. The predicted octanol–water partition coefficient (Wildman–Crippen LogP) is 2.69. The van der Waals surface area contributed by atoms with E-state index in [2.05, 4.69) is 38.4 Å². The lowest BCUT2D eigenvalue weighted by Crippen LogP contribution is -2.25. The second kappa shape index (κ2) is 7.84. The molecule has 0 bridgehead atoms. The minimum atomic E-state index is -0.0517. The van der Waals surface area contributed by atoms with Gasteiger partial charge in [-0.15, -0.1) is 0 Å². The molecule has 2 aromatic rings. The number of carbonyl (C=O) groups is 1. The number of amides is 1. The molecule has 0 aliphatic carbocycles. The molecule has 7 heteroatoms. The number of anilines is 2. The van der Waals surface area contributed by atoms with Gasteiger partial charge in [0, 0.05) is 37.1 Å². The summed E-state index contributed by atoms with van der Waals surface area (Å²) in [4.78, 5) is 17.6. The molecule has 0 aliphatic heterocycles. The van der Waals surface area contributed by atoms with Gasteiger partial charge in [-0.3, -0.25) is 9.89 Å². The van der Waals surface area contributed by atoms with Crippen LogP contribution < -0.4 is 10.2 Å². The van der Waals surface area contributed by atoms with Crippen molar-refractivity contribution in [3.8, 4) is 0 Å². The molecule has 0 fully saturated rings. The molecule has 0 radical (unpaired) electrons. The Kier molecular flexibility index (Phi) is 5.83. The number of carbonyl (C=O) groups excluding carboxylic acids is 1. The number of H-pyrrole nitrogens is 1. The molecule has 0 atom stereocenters. The normalized spacial score (nSPS) is 10.5. The summed E-state index contributed by atoms with van der Waals surface area (Å²) in [5.74, 6) is 0.857. The maximum Gasteiger partial charge on any atom is 0.221 e. The quantitative estimate of drug-likeness (QED) is 0.768. The number of hydrogen-bond acceptors (Lipinski definition) is 5. The van der Waals surface area contributed by atoms with Crippen LogP contribution in [0, 0.1) is 6.92 Å². The van der Waals surface area contributed by atoms with E-state index in [1.807, 2.05) is 19.1 Å². The third kappa shape index (κ3) is 4.49. The highest BCUT2D eigenvalue weighted by molar-refractivity contribution is 7.99. The van der Waals surface area contributed by atoms with Crippen LogP contribution in [0.5, 0.6) is 0 Å². The molecule has 1 amide bonds. The summed E-state index contributed by atoms with van der Waals surface area (Å²) in [6.45, 7) is 7.43. The summed E-state index contributed by atoms with van der Waals surface area (Å²) in [6, 6.07) is 6.15. The maximum absolute atomic E-state index is 11.3. The predicted molar refractivity (Wildman–Crippen MR) is 90.5 cm³/mol. The summed E-state index contributed by atoms with van der Waals surface area (Å²) in [6.07, 6.45) is 1.51. The number of aryl methyl sites for hydroxylation is 1. The van der Waals surface area contributed by atoms with Crippen LogP contribution in [0.4, 0.5) is 11.4 Å². The lowest BCUT2D eigenvalue weighted by molar-refractivity contribution is -0.114. The van der Waals surface area contributed by atoms with Crippen LogP contribution >= 0.6 is 11.8 Å². The number of nitrogens with zero attached hydrogens (tertiary/aromatic N) is 3. The van der Waals surface area contributed by atoms with E-state index in [1.165, 1.54) is 13.3 Å². The van der Waals surface area contributed by atoms with E-state index < -0.39 is 0 Å². The van der Waals surface area contributed by atoms with Gasteiger partial charge in [-0.05, 0) is 31.5 Å². The van der Waals surface area contributed by atoms with E-state index in [1.54, 1.807) is 11.8 Å². The number of aromatic amines is 1. The molecule has 0 unspecified atom stereocenters. The van der Waals surface area contributed by atoms with Gasteiger partial charge in [0.05, 0.1) is 0 Å². The van der Waals surface area contributed by atoms with Crippen LogP contribution in [-0.4, -0.2) is 39.9 Å². The fraction of sp³-hybridized carbons (Fsp3) is 0.400. The van der Waals surface area contributed by atoms with Gasteiger partial charge in [0.2, 0.25) is 5.91 Å². The Labute approximate surface area is 134 Å². The van der Waals surface area contributed by atoms with E-state index in [0.29, 0.717) is 0 Å². The average Bonchev–Trinajstić information content (AvgIpc) is 2.99. The third-order valence-corrected chi connectivity index (χ3v) is 4.13. The van der Waals surface area contributed by atoms with Crippen molar-refractivity contribution in [1.82, 2.24) is 15.2 Å². The summed E-state index contributed by atoms with van der Waals surface area (Å²) < 4.78 is 0.